The lowest BCUT2D eigenvalue weighted by molar-refractivity contribution is -0.118. The van der Waals surface area contributed by atoms with Gasteiger partial charge in [-0.1, -0.05) is 31.7 Å². The van der Waals surface area contributed by atoms with Gasteiger partial charge in [0.15, 0.2) is 15.7 Å². The number of nitrogens with one attached hydrogen (secondary N) is 1. The Morgan fingerprint density at radius 1 is 1.31 bits per heavy atom. The normalized spacial score (nSPS) is 16.2. The number of rotatable bonds is 9. The average Bonchev–Trinajstić information content (AvgIpc) is 3.35. The Balaban J connectivity index is 1.86. The second-order valence-corrected chi connectivity index (χ2v) is 11.3. The average molecular weight is 464 g/mol. The number of anilines is 1. The number of hydrogen-bond acceptors (Lipinski definition) is 6. The van der Waals surface area contributed by atoms with Gasteiger partial charge in [-0.15, -0.1) is 0 Å². The summed E-state index contributed by atoms with van der Waals surface area (Å²) < 4.78 is 31.0. The number of carbonyl (C=O) groups excluding carboxylic acids is 1. The molecule has 32 heavy (non-hydrogen) atoms. The maximum absolute atomic E-state index is 13.3. The van der Waals surface area contributed by atoms with Crippen molar-refractivity contribution in [1.29, 1.82) is 0 Å². The molecule has 176 valence electrons. The predicted molar refractivity (Wildman–Crippen MR) is 123 cm³/mol. The molecule has 2 aromatic rings. The Kier molecular flexibility index (Phi) is 7.29. The first-order valence-corrected chi connectivity index (χ1v) is 12.8. The molecule has 1 aliphatic rings. The van der Waals surface area contributed by atoms with Crippen molar-refractivity contribution in [3.63, 3.8) is 0 Å². The van der Waals surface area contributed by atoms with Crippen LogP contribution in [-0.2, 0) is 21.2 Å². The van der Waals surface area contributed by atoms with Crippen LogP contribution in [0.15, 0.2) is 35.4 Å². The molecule has 3 rings (SSSR count). The third kappa shape index (κ3) is 6.32. The number of aromatic nitrogens is 2. The van der Waals surface area contributed by atoms with Gasteiger partial charge in [0, 0.05) is 18.5 Å². The molecular weight excluding hydrogens is 430 g/mol. The summed E-state index contributed by atoms with van der Waals surface area (Å²) in [6, 6.07) is 6.56. The lowest BCUT2D eigenvalue weighted by atomic mass is 9.87. The quantitative estimate of drug-likeness (QED) is 0.590. The number of aliphatic hydroxyl groups is 1. The Morgan fingerprint density at radius 3 is 2.59 bits per heavy atom. The monoisotopic (exact) mass is 463 g/mol. The van der Waals surface area contributed by atoms with Crippen molar-refractivity contribution in [3.05, 3.63) is 36.0 Å². The summed E-state index contributed by atoms with van der Waals surface area (Å²) in [5.41, 5.74) is -0.203. The standard InChI is InChI=1S/C23H33N3O5S/c1-23(2,28)15-26-12-11-21(25-26)24-22(27)18(13-16-7-5-6-8-16)17-9-10-20(32(4,29)30)19(14-17)31-3/h9-12,14,16,18,28H,5-8,13,15H2,1-4H3,(H,24,25,27). The van der Waals surface area contributed by atoms with E-state index in [4.69, 9.17) is 4.74 Å². The molecule has 8 nitrogen and oxygen atoms in total. The second-order valence-electron chi connectivity index (χ2n) is 9.32. The van der Waals surface area contributed by atoms with Crippen LogP contribution in [-0.4, -0.2) is 48.2 Å². The fraction of sp³-hybridized carbons (Fsp3) is 0.565. The van der Waals surface area contributed by atoms with Crippen molar-refractivity contribution < 1.29 is 23.1 Å². The number of amides is 1. The molecule has 9 heteroatoms. The molecule has 0 radical (unpaired) electrons. The van der Waals surface area contributed by atoms with Gasteiger partial charge < -0.3 is 15.2 Å². The lowest BCUT2D eigenvalue weighted by Crippen LogP contribution is -2.27. The van der Waals surface area contributed by atoms with Crippen LogP contribution in [0.3, 0.4) is 0 Å². The summed E-state index contributed by atoms with van der Waals surface area (Å²) in [5, 5.41) is 17.2. The van der Waals surface area contributed by atoms with Crippen LogP contribution in [0.2, 0.25) is 0 Å². The van der Waals surface area contributed by atoms with Gasteiger partial charge in [-0.25, -0.2) is 8.42 Å². The van der Waals surface area contributed by atoms with Crippen LogP contribution < -0.4 is 10.1 Å². The minimum atomic E-state index is -3.45. The van der Waals surface area contributed by atoms with E-state index in [0.717, 1.165) is 37.5 Å². The largest absolute Gasteiger partial charge is 0.495 e. The molecule has 1 unspecified atom stereocenters. The van der Waals surface area contributed by atoms with Crippen LogP contribution in [0, 0.1) is 5.92 Å². The SMILES string of the molecule is COc1cc(C(CC2CCCC2)C(=O)Nc2ccn(CC(C)(C)O)n2)ccc1S(C)(=O)=O. The van der Waals surface area contributed by atoms with Crippen molar-refractivity contribution in [3.8, 4) is 5.75 Å². The molecule has 1 heterocycles. The van der Waals surface area contributed by atoms with E-state index in [9.17, 15) is 18.3 Å². The van der Waals surface area contributed by atoms with Crippen molar-refractivity contribution in [2.24, 2.45) is 5.92 Å². The van der Waals surface area contributed by atoms with Crippen molar-refractivity contribution in [2.45, 2.75) is 68.9 Å². The van der Waals surface area contributed by atoms with E-state index in [1.165, 1.54) is 13.2 Å². The highest BCUT2D eigenvalue weighted by Gasteiger charge is 2.29. The van der Waals surface area contributed by atoms with Gasteiger partial charge in [0.2, 0.25) is 5.91 Å². The number of hydrogen-bond donors (Lipinski definition) is 2. The Morgan fingerprint density at radius 2 is 2.00 bits per heavy atom. The molecule has 1 aromatic carbocycles. The van der Waals surface area contributed by atoms with Crippen molar-refractivity contribution >= 4 is 21.6 Å². The van der Waals surface area contributed by atoms with E-state index >= 15 is 0 Å². The van der Waals surface area contributed by atoms with Crippen LogP contribution in [0.25, 0.3) is 0 Å². The number of sulfone groups is 1. The summed E-state index contributed by atoms with van der Waals surface area (Å²) in [6.45, 7) is 3.69. The zero-order valence-electron chi connectivity index (χ0n) is 19.2. The van der Waals surface area contributed by atoms with Gasteiger partial charge in [-0.2, -0.15) is 5.10 Å². The van der Waals surface area contributed by atoms with E-state index in [1.807, 2.05) is 0 Å². The Hall–Kier alpha value is -2.39. The number of carbonyl (C=O) groups is 1. The lowest BCUT2D eigenvalue weighted by Gasteiger charge is -2.21. The van der Waals surface area contributed by atoms with E-state index in [2.05, 4.69) is 10.4 Å². The Labute approximate surface area is 189 Å². The van der Waals surface area contributed by atoms with Gasteiger partial charge >= 0.3 is 0 Å². The van der Waals surface area contributed by atoms with Crippen LogP contribution in [0.5, 0.6) is 5.75 Å². The molecule has 0 saturated heterocycles. The smallest absolute Gasteiger partial charge is 0.233 e. The first kappa shape index (κ1) is 24.3. The number of benzene rings is 1. The van der Waals surface area contributed by atoms with Crippen LogP contribution in [0.4, 0.5) is 5.82 Å². The molecule has 1 atom stereocenters. The highest BCUT2D eigenvalue weighted by molar-refractivity contribution is 7.90. The number of ether oxygens (including phenoxy) is 1. The molecule has 1 aliphatic carbocycles. The molecule has 2 N–H and O–H groups in total. The summed E-state index contributed by atoms with van der Waals surface area (Å²) in [5.74, 6) is 0.442. The zero-order chi connectivity index (χ0) is 23.5. The second kappa shape index (κ2) is 9.62. The number of nitrogens with zero attached hydrogens (tertiary/aromatic N) is 2. The van der Waals surface area contributed by atoms with E-state index in [0.29, 0.717) is 24.7 Å². The van der Waals surface area contributed by atoms with E-state index in [1.54, 1.807) is 42.9 Å². The maximum atomic E-state index is 13.3. The minimum Gasteiger partial charge on any atom is -0.495 e. The van der Waals surface area contributed by atoms with Gasteiger partial charge in [0.25, 0.3) is 0 Å². The molecule has 1 fully saturated rings. The highest BCUT2D eigenvalue weighted by Crippen LogP contribution is 2.37. The summed E-state index contributed by atoms with van der Waals surface area (Å²) in [4.78, 5) is 13.4. The molecule has 1 amide bonds. The van der Waals surface area contributed by atoms with Crippen molar-refractivity contribution in [1.82, 2.24) is 9.78 Å². The fourth-order valence-electron chi connectivity index (χ4n) is 4.31. The number of methoxy groups -OCH3 is 1. The third-order valence-electron chi connectivity index (χ3n) is 5.79. The third-order valence-corrected chi connectivity index (χ3v) is 6.93. The minimum absolute atomic E-state index is 0.106. The topological polar surface area (TPSA) is 111 Å². The first-order valence-electron chi connectivity index (χ1n) is 10.9. The van der Waals surface area contributed by atoms with Crippen LogP contribution in [0.1, 0.15) is 57.4 Å². The van der Waals surface area contributed by atoms with Crippen LogP contribution >= 0.6 is 0 Å². The summed E-state index contributed by atoms with van der Waals surface area (Å²) in [6.07, 6.45) is 8.02. The molecule has 1 saturated carbocycles. The highest BCUT2D eigenvalue weighted by atomic mass is 32.2. The molecular formula is C23H33N3O5S. The maximum Gasteiger partial charge on any atom is 0.233 e. The summed E-state index contributed by atoms with van der Waals surface area (Å²) in [7, 11) is -2.02. The summed E-state index contributed by atoms with van der Waals surface area (Å²) >= 11 is 0. The van der Waals surface area contributed by atoms with Gasteiger partial charge in [-0.05, 0) is 43.9 Å². The van der Waals surface area contributed by atoms with E-state index < -0.39 is 21.4 Å². The van der Waals surface area contributed by atoms with Gasteiger partial charge in [-0.3, -0.25) is 9.48 Å². The molecule has 0 aliphatic heterocycles. The van der Waals surface area contributed by atoms with Gasteiger partial charge in [0.05, 0.1) is 25.2 Å². The van der Waals surface area contributed by atoms with E-state index in [-0.39, 0.29) is 16.6 Å². The zero-order valence-corrected chi connectivity index (χ0v) is 20.0. The first-order chi connectivity index (χ1) is 15.0. The Bertz CT molecular complexity index is 1050. The molecule has 0 spiro atoms. The molecule has 1 aromatic heterocycles. The predicted octanol–water partition coefficient (Wildman–Crippen LogP) is 3.37. The van der Waals surface area contributed by atoms with Gasteiger partial charge in [0.1, 0.15) is 10.6 Å². The van der Waals surface area contributed by atoms with Crippen molar-refractivity contribution in [2.75, 3.05) is 18.7 Å². The molecule has 0 bridgehead atoms. The fourth-order valence-corrected chi connectivity index (χ4v) is 5.13.